The first kappa shape index (κ1) is 13.8. The van der Waals surface area contributed by atoms with Gasteiger partial charge in [0.2, 0.25) is 5.91 Å². The van der Waals surface area contributed by atoms with Gasteiger partial charge in [-0.2, -0.15) is 0 Å². The van der Waals surface area contributed by atoms with E-state index in [4.69, 9.17) is 0 Å². The first-order chi connectivity index (χ1) is 8.37. The van der Waals surface area contributed by atoms with E-state index in [1.807, 2.05) is 27.7 Å². The van der Waals surface area contributed by atoms with Gasteiger partial charge < -0.3 is 10.6 Å². The number of amides is 1. The predicted octanol–water partition coefficient (Wildman–Crippen LogP) is 0.973. The fraction of sp³-hybridized carbons (Fsp3) is 0.929. The summed E-state index contributed by atoms with van der Waals surface area (Å²) in [5, 5.41) is 6.66. The molecule has 2 fully saturated rings. The molecule has 2 rings (SSSR count). The maximum Gasteiger partial charge on any atom is 0.237 e. The number of carbonyl (C=O) groups is 1. The molecule has 1 unspecified atom stereocenters. The molecule has 18 heavy (non-hydrogen) atoms. The number of likely N-dealkylation sites (tertiary alicyclic amines) is 1. The van der Waals surface area contributed by atoms with Crippen molar-refractivity contribution in [1.29, 1.82) is 0 Å². The molecule has 4 nitrogen and oxygen atoms in total. The third-order valence-electron chi connectivity index (χ3n) is 4.05. The van der Waals surface area contributed by atoms with Crippen LogP contribution in [0.4, 0.5) is 0 Å². The molecule has 0 aromatic rings. The monoisotopic (exact) mass is 253 g/mol. The molecule has 0 bridgehead atoms. The summed E-state index contributed by atoms with van der Waals surface area (Å²) in [6.07, 6.45) is 2.58. The van der Waals surface area contributed by atoms with E-state index >= 15 is 0 Å². The first-order valence-electron chi connectivity index (χ1n) is 7.16. The molecule has 2 aliphatic heterocycles. The summed E-state index contributed by atoms with van der Waals surface area (Å²) in [5.74, 6) is 0.893. The second-order valence-electron chi connectivity index (χ2n) is 6.83. The van der Waals surface area contributed by atoms with Crippen molar-refractivity contribution in [2.45, 2.75) is 58.2 Å². The zero-order valence-electron chi connectivity index (χ0n) is 12.1. The molecule has 0 radical (unpaired) electrons. The van der Waals surface area contributed by atoms with Crippen molar-refractivity contribution in [3.8, 4) is 0 Å². The minimum Gasteiger partial charge on any atom is -0.350 e. The van der Waals surface area contributed by atoms with Crippen molar-refractivity contribution < 1.29 is 4.79 Å². The molecule has 2 aliphatic rings. The molecular formula is C14H27N3O. The topological polar surface area (TPSA) is 44.4 Å². The first-order valence-corrected chi connectivity index (χ1v) is 7.16. The van der Waals surface area contributed by atoms with Crippen molar-refractivity contribution in [2.24, 2.45) is 5.92 Å². The van der Waals surface area contributed by atoms with Crippen LogP contribution >= 0.6 is 0 Å². The molecule has 104 valence electrons. The smallest absolute Gasteiger partial charge is 0.237 e. The van der Waals surface area contributed by atoms with Gasteiger partial charge >= 0.3 is 0 Å². The second-order valence-corrected chi connectivity index (χ2v) is 6.83. The maximum absolute atomic E-state index is 12.2. The zero-order chi connectivity index (χ0) is 13.3. The Morgan fingerprint density at radius 1 is 1.39 bits per heavy atom. The van der Waals surface area contributed by atoms with Crippen molar-refractivity contribution >= 4 is 5.91 Å². The van der Waals surface area contributed by atoms with E-state index < -0.39 is 0 Å². The van der Waals surface area contributed by atoms with Gasteiger partial charge in [0, 0.05) is 24.7 Å². The number of hydrogen-bond donors (Lipinski definition) is 2. The number of rotatable bonds is 2. The van der Waals surface area contributed by atoms with Gasteiger partial charge in [-0.05, 0) is 53.0 Å². The Bertz CT molecular complexity index is 297. The van der Waals surface area contributed by atoms with Crippen LogP contribution in [0.15, 0.2) is 0 Å². The van der Waals surface area contributed by atoms with Gasteiger partial charge in [-0.15, -0.1) is 0 Å². The molecule has 2 N–H and O–H groups in total. The Labute approximate surface area is 110 Å². The van der Waals surface area contributed by atoms with Crippen LogP contribution in [-0.4, -0.2) is 48.1 Å². The lowest BCUT2D eigenvalue weighted by molar-refractivity contribution is -0.127. The maximum atomic E-state index is 12.2. The van der Waals surface area contributed by atoms with E-state index in [-0.39, 0.29) is 17.5 Å². The summed E-state index contributed by atoms with van der Waals surface area (Å²) >= 11 is 0. The van der Waals surface area contributed by atoms with Crippen LogP contribution in [0.3, 0.4) is 0 Å². The predicted molar refractivity (Wildman–Crippen MR) is 73.4 cm³/mol. The van der Waals surface area contributed by atoms with Crippen molar-refractivity contribution in [1.82, 2.24) is 15.5 Å². The quantitative estimate of drug-likeness (QED) is 0.771. The van der Waals surface area contributed by atoms with E-state index in [0.29, 0.717) is 6.04 Å². The molecular weight excluding hydrogens is 226 g/mol. The number of fused-ring (bicyclic) bond motifs is 1. The van der Waals surface area contributed by atoms with Crippen LogP contribution in [-0.2, 0) is 4.79 Å². The Morgan fingerprint density at radius 2 is 2.11 bits per heavy atom. The summed E-state index contributed by atoms with van der Waals surface area (Å²) < 4.78 is 0. The van der Waals surface area contributed by atoms with E-state index in [0.717, 1.165) is 25.6 Å². The molecule has 0 aromatic carbocycles. The lowest BCUT2D eigenvalue weighted by Gasteiger charge is -2.28. The normalized spacial score (nSPS) is 30.9. The van der Waals surface area contributed by atoms with Crippen LogP contribution in [0.25, 0.3) is 0 Å². The van der Waals surface area contributed by atoms with Gasteiger partial charge in [0.25, 0.3) is 0 Å². The van der Waals surface area contributed by atoms with Crippen molar-refractivity contribution in [3.63, 3.8) is 0 Å². The number of carbonyl (C=O) groups excluding carboxylic acids is 1. The fourth-order valence-electron chi connectivity index (χ4n) is 3.04. The van der Waals surface area contributed by atoms with E-state index in [9.17, 15) is 4.79 Å². The average Bonchev–Trinajstić information content (AvgIpc) is 2.68. The number of nitrogens with zero attached hydrogens (tertiary/aromatic N) is 1. The molecule has 2 heterocycles. The van der Waals surface area contributed by atoms with Crippen molar-refractivity contribution in [3.05, 3.63) is 0 Å². The Balaban J connectivity index is 1.90. The number of piperidine rings is 1. The number of hydrogen-bond acceptors (Lipinski definition) is 3. The minimum atomic E-state index is -0.143. The summed E-state index contributed by atoms with van der Waals surface area (Å²) in [6.45, 7) is 11.3. The number of nitrogens with one attached hydrogen (secondary N) is 2. The van der Waals surface area contributed by atoms with E-state index in [1.165, 1.54) is 12.8 Å². The highest BCUT2D eigenvalue weighted by Gasteiger charge is 2.38. The van der Waals surface area contributed by atoms with Crippen LogP contribution in [0.2, 0.25) is 0 Å². The highest BCUT2D eigenvalue weighted by molar-refractivity contribution is 5.82. The molecule has 0 aromatic heterocycles. The van der Waals surface area contributed by atoms with Gasteiger partial charge in [-0.3, -0.25) is 9.69 Å². The standard InChI is InChI=1S/C14H27N3O/c1-10(13(18)16-14(2,3)4)17-8-11-6-5-7-15-12(11)9-17/h10-12,15H,5-9H2,1-4H3,(H,16,18)/t10?,11-,12+/m0/s1. The van der Waals surface area contributed by atoms with Gasteiger partial charge in [0.15, 0.2) is 0 Å². The summed E-state index contributed by atoms with van der Waals surface area (Å²) in [5.41, 5.74) is -0.143. The average molecular weight is 253 g/mol. The lowest BCUT2D eigenvalue weighted by atomic mass is 9.94. The van der Waals surface area contributed by atoms with Gasteiger partial charge in [0.05, 0.1) is 6.04 Å². The van der Waals surface area contributed by atoms with Gasteiger partial charge in [-0.25, -0.2) is 0 Å². The second kappa shape index (κ2) is 5.17. The highest BCUT2D eigenvalue weighted by Crippen LogP contribution is 2.26. The molecule has 3 atom stereocenters. The van der Waals surface area contributed by atoms with Gasteiger partial charge in [-0.1, -0.05) is 0 Å². The van der Waals surface area contributed by atoms with E-state index in [1.54, 1.807) is 0 Å². The minimum absolute atomic E-state index is 0.0170. The molecule has 0 saturated carbocycles. The largest absolute Gasteiger partial charge is 0.350 e. The third-order valence-corrected chi connectivity index (χ3v) is 4.05. The lowest BCUT2D eigenvalue weighted by Crippen LogP contribution is -2.50. The fourth-order valence-corrected chi connectivity index (χ4v) is 3.04. The molecule has 2 saturated heterocycles. The summed E-state index contributed by atoms with van der Waals surface area (Å²) in [4.78, 5) is 14.5. The highest BCUT2D eigenvalue weighted by atomic mass is 16.2. The van der Waals surface area contributed by atoms with Crippen LogP contribution in [0.1, 0.15) is 40.5 Å². The Hall–Kier alpha value is -0.610. The molecule has 0 spiro atoms. The summed E-state index contributed by atoms with van der Waals surface area (Å²) in [7, 11) is 0. The van der Waals surface area contributed by atoms with Crippen LogP contribution < -0.4 is 10.6 Å². The molecule has 1 amide bonds. The Kier molecular flexibility index (Phi) is 3.97. The van der Waals surface area contributed by atoms with Crippen LogP contribution in [0.5, 0.6) is 0 Å². The van der Waals surface area contributed by atoms with Crippen LogP contribution in [0, 0.1) is 5.92 Å². The molecule has 4 heteroatoms. The zero-order valence-corrected chi connectivity index (χ0v) is 12.1. The van der Waals surface area contributed by atoms with Crippen molar-refractivity contribution in [2.75, 3.05) is 19.6 Å². The van der Waals surface area contributed by atoms with E-state index in [2.05, 4.69) is 15.5 Å². The Morgan fingerprint density at radius 3 is 2.72 bits per heavy atom. The van der Waals surface area contributed by atoms with Gasteiger partial charge in [0.1, 0.15) is 0 Å². The third kappa shape index (κ3) is 3.23. The summed E-state index contributed by atoms with van der Waals surface area (Å²) in [6, 6.07) is 0.584. The SMILES string of the molecule is CC(C(=O)NC(C)(C)C)N1C[C@@H]2CCCN[C@@H]2C1. The molecule has 0 aliphatic carbocycles.